The lowest BCUT2D eigenvalue weighted by Gasteiger charge is -2.02. The second-order valence-electron chi connectivity index (χ2n) is 2.91. The fraction of sp³-hybridized carbons (Fsp3) is 0.0909. The minimum absolute atomic E-state index is 0.977. The third kappa shape index (κ3) is 1.20. The zero-order valence-electron chi connectivity index (χ0n) is 7.49. The molecule has 0 saturated heterocycles. The maximum absolute atomic E-state index is 4.23. The van der Waals surface area contributed by atoms with E-state index in [0.717, 1.165) is 22.2 Å². The van der Waals surface area contributed by atoms with Gasteiger partial charge in [0.2, 0.25) is 0 Å². The topological polar surface area (TPSA) is 25.8 Å². The summed E-state index contributed by atoms with van der Waals surface area (Å²) >= 11 is 0. The molecule has 2 aromatic rings. The van der Waals surface area contributed by atoms with Gasteiger partial charge < -0.3 is 0 Å². The third-order valence-corrected chi connectivity index (χ3v) is 2.12. The summed E-state index contributed by atoms with van der Waals surface area (Å²) in [5, 5.41) is 1.10. The van der Waals surface area contributed by atoms with Crippen molar-refractivity contribution >= 4 is 17.0 Å². The Hall–Kier alpha value is -1.70. The Morgan fingerprint density at radius 2 is 2.15 bits per heavy atom. The molecular formula is C11H10N2. The van der Waals surface area contributed by atoms with Crippen LogP contribution < -0.4 is 0 Å². The lowest BCUT2D eigenvalue weighted by Crippen LogP contribution is -1.88. The molecule has 1 aromatic heterocycles. The molecule has 64 valence electrons. The van der Waals surface area contributed by atoms with Crippen LogP contribution in [0.4, 0.5) is 0 Å². The van der Waals surface area contributed by atoms with Crippen molar-refractivity contribution in [3.05, 3.63) is 42.4 Å². The predicted octanol–water partition coefficient (Wildman–Crippen LogP) is 2.58. The first-order valence-electron chi connectivity index (χ1n) is 4.15. The first-order chi connectivity index (χ1) is 6.33. The van der Waals surface area contributed by atoms with Crippen LogP contribution in [0.5, 0.6) is 0 Å². The van der Waals surface area contributed by atoms with Crippen LogP contribution in [0.3, 0.4) is 0 Å². The standard InChI is InChI=1S/C11H10N2/c1-3-9-5-4-6-10-8(2)12-7-13-11(9)10/h3-7H,1H2,2H3. The Morgan fingerprint density at radius 1 is 1.31 bits per heavy atom. The van der Waals surface area contributed by atoms with E-state index in [-0.39, 0.29) is 0 Å². The average molecular weight is 170 g/mol. The van der Waals surface area contributed by atoms with Crippen LogP contribution in [0.25, 0.3) is 17.0 Å². The summed E-state index contributed by atoms with van der Waals surface area (Å²) in [5.74, 6) is 0. The molecule has 1 aromatic carbocycles. The van der Waals surface area contributed by atoms with Gasteiger partial charge in [-0.25, -0.2) is 9.97 Å². The highest BCUT2D eigenvalue weighted by atomic mass is 14.8. The number of hydrogen-bond acceptors (Lipinski definition) is 2. The molecule has 0 N–H and O–H groups in total. The summed E-state index contributed by atoms with van der Waals surface area (Å²) in [7, 11) is 0. The van der Waals surface area contributed by atoms with Crippen molar-refractivity contribution in [2.45, 2.75) is 6.92 Å². The molecular weight excluding hydrogens is 160 g/mol. The van der Waals surface area contributed by atoms with Gasteiger partial charge in [0.15, 0.2) is 0 Å². The third-order valence-electron chi connectivity index (χ3n) is 2.12. The first-order valence-corrected chi connectivity index (χ1v) is 4.15. The molecule has 0 spiro atoms. The molecule has 0 atom stereocenters. The Morgan fingerprint density at radius 3 is 2.92 bits per heavy atom. The van der Waals surface area contributed by atoms with Crippen molar-refractivity contribution in [3.63, 3.8) is 0 Å². The highest BCUT2D eigenvalue weighted by Gasteiger charge is 2.00. The Kier molecular flexibility index (Phi) is 1.81. The molecule has 0 aliphatic heterocycles. The Balaban J connectivity index is 2.92. The SMILES string of the molecule is C=Cc1cccc2c(C)ncnc12. The molecule has 0 saturated carbocycles. The summed E-state index contributed by atoms with van der Waals surface area (Å²) in [4.78, 5) is 8.37. The molecule has 0 radical (unpaired) electrons. The highest BCUT2D eigenvalue weighted by molar-refractivity contribution is 5.88. The van der Waals surface area contributed by atoms with E-state index in [1.807, 2.05) is 31.2 Å². The molecule has 0 aliphatic rings. The van der Waals surface area contributed by atoms with Gasteiger partial charge in [-0.2, -0.15) is 0 Å². The van der Waals surface area contributed by atoms with E-state index in [4.69, 9.17) is 0 Å². The fourth-order valence-corrected chi connectivity index (χ4v) is 1.40. The minimum atomic E-state index is 0.977. The van der Waals surface area contributed by atoms with Gasteiger partial charge in [0.1, 0.15) is 6.33 Å². The maximum Gasteiger partial charge on any atom is 0.116 e. The van der Waals surface area contributed by atoms with Crippen LogP contribution in [0.2, 0.25) is 0 Å². The summed E-state index contributed by atoms with van der Waals surface area (Å²) in [6.07, 6.45) is 3.40. The van der Waals surface area contributed by atoms with E-state index in [9.17, 15) is 0 Å². The zero-order valence-corrected chi connectivity index (χ0v) is 7.49. The summed E-state index contributed by atoms with van der Waals surface area (Å²) < 4.78 is 0. The van der Waals surface area contributed by atoms with E-state index in [1.165, 1.54) is 0 Å². The first kappa shape index (κ1) is 7.92. The summed E-state index contributed by atoms with van der Waals surface area (Å²) in [5.41, 5.74) is 3.04. The van der Waals surface area contributed by atoms with E-state index < -0.39 is 0 Å². The largest absolute Gasteiger partial charge is 0.241 e. The van der Waals surface area contributed by atoms with Gasteiger partial charge in [0, 0.05) is 16.6 Å². The second kappa shape index (κ2) is 2.98. The zero-order chi connectivity index (χ0) is 9.26. The van der Waals surface area contributed by atoms with Crippen LogP contribution in [0, 0.1) is 6.92 Å². The van der Waals surface area contributed by atoms with Crippen LogP contribution in [0.1, 0.15) is 11.3 Å². The van der Waals surface area contributed by atoms with Crippen LogP contribution in [-0.4, -0.2) is 9.97 Å². The van der Waals surface area contributed by atoms with Crippen molar-refractivity contribution in [1.29, 1.82) is 0 Å². The van der Waals surface area contributed by atoms with Crippen LogP contribution in [0.15, 0.2) is 31.1 Å². The number of fused-ring (bicyclic) bond motifs is 1. The Bertz CT molecular complexity index is 461. The van der Waals surface area contributed by atoms with Gasteiger partial charge in [0.05, 0.1) is 5.52 Å². The average Bonchev–Trinajstić information content (AvgIpc) is 2.18. The summed E-state index contributed by atoms with van der Waals surface area (Å²) in [6.45, 7) is 5.73. The number of benzene rings is 1. The van der Waals surface area contributed by atoms with Gasteiger partial charge >= 0.3 is 0 Å². The van der Waals surface area contributed by atoms with Crippen molar-refractivity contribution in [2.75, 3.05) is 0 Å². The van der Waals surface area contributed by atoms with Crippen molar-refractivity contribution in [1.82, 2.24) is 9.97 Å². The Labute approximate surface area is 77.0 Å². The quantitative estimate of drug-likeness (QED) is 0.657. The van der Waals surface area contributed by atoms with E-state index in [0.29, 0.717) is 0 Å². The second-order valence-corrected chi connectivity index (χ2v) is 2.91. The van der Waals surface area contributed by atoms with E-state index in [2.05, 4.69) is 16.5 Å². The number of aryl methyl sites for hydroxylation is 1. The number of nitrogens with zero attached hydrogens (tertiary/aromatic N) is 2. The lowest BCUT2D eigenvalue weighted by atomic mass is 10.1. The van der Waals surface area contributed by atoms with E-state index >= 15 is 0 Å². The van der Waals surface area contributed by atoms with E-state index in [1.54, 1.807) is 6.33 Å². The molecule has 1 heterocycles. The molecule has 2 heteroatoms. The van der Waals surface area contributed by atoms with Gasteiger partial charge in [-0.15, -0.1) is 0 Å². The van der Waals surface area contributed by atoms with Crippen LogP contribution in [-0.2, 0) is 0 Å². The minimum Gasteiger partial charge on any atom is -0.241 e. The predicted molar refractivity (Wildman–Crippen MR) is 54.4 cm³/mol. The molecule has 0 unspecified atom stereocenters. The van der Waals surface area contributed by atoms with Gasteiger partial charge in [-0.05, 0) is 6.92 Å². The molecule has 2 rings (SSSR count). The van der Waals surface area contributed by atoms with Crippen molar-refractivity contribution < 1.29 is 0 Å². The molecule has 0 amide bonds. The number of aromatic nitrogens is 2. The summed E-state index contributed by atoms with van der Waals surface area (Å²) in [6, 6.07) is 6.02. The molecule has 2 nitrogen and oxygen atoms in total. The smallest absolute Gasteiger partial charge is 0.116 e. The fourth-order valence-electron chi connectivity index (χ4n) is 1.40. The number of rotatable bonds is 1. The normalized spacial score (nSPS) is 10.2. The molecule has 13 heavy (non-hydrogen) atoms. The number of hydrogen-bond donors (Lipinski definition) is 0. The van der Waals surface area contributed by atoms with Crippen molar-refractivity contribution in [2.24, 2.45) is 0 Å². The monoisotopic (exact) mass is 170 g/mol. The van der Waals surface area contributed by atoms with Gasteiger partial charge in [0.25, 0.3) is 0 Å². The molecule has 0 bridgehead atoms. The van der Waals surface area contributed by atoms with Crippen LogP contribution >= 0.6 is 0 Å². The highest BCUT2D eigenvalue weighted by Crippen LogP contribution is 2.18. The van der Waals surface area contributed by atoms with Crippen molar-refractivity contribution in [3.8, 4) is 0 Å². The molecule has 0 aliphatic carbocycles. The van der Waals surface area contributed by atoms with Gasteiger partial charge in [-0.3, -0.25) is 0 Å². The number of para-hydroxylation sites is 1. The lowest BCUT2D eigenvalue weighted by molar-refractivity contribution is 1.15. The van der Waals surface area contributed by atoms with Gasteiger partial charge in [-0.1, -0.05) is 30.9 Å². The molecule has 0 fully saturated rings. The maximum atomic E-state index is 4.23.